The number of nitrogens with zero attached hydrogens (tertiary/aromatic N) is 3. The summed E-state index contributed by atoms with van der Waals surface area (Å²) < 4.78 is 5.19. The second kappa shape index (κ2) is 6.80. The molecule has 0 bridgehead atoms. The van der Waals surface area contributed by atoms with E-state index >= 15 is 0 Å². The molecule has 3 N–H and O–H groups in total. The number of nitrogens with two attached hydrogens (primary N) is 1. The van der Waals surface area contributed by atoms with Gasteiger partial charge in [0.1, 0.15) is 5.82 Å². The number of ether oxygens (including phenoxy) is 1. The van der Waals surface area contributed by atoms with Gasteiger partial charge in [0.05, 0.1) is 13.2 Å². The van der Waals surface area contributed by atoms with Crippen molar-refractivity contribution in [2.75, 3.05) is 38.2 Å². The molecule has 0 spiro atoms. The van der Waals surface area contributed by atoms with Crippen molar-refractivity contribution in [1.82, 2.24) is 15.1 Å². The van der Waals surface area contributed by atoms with Crippen molar-refractivity contribution in [3.63, 3.8) is 0 Å². The first kappa shape index (κ1) is 14.2. The molecule has 1 saturated heterocycles. The van der Waals surface area contributed by atoms with Crippen LogP contribution in [-0.4, -0.2) is 59.8 Å². The molecule has 20 heavy (non-hydrogen) atoms. The van der Waals surface area contributed by atoms with E-state index in [2.05, 4.69) is 15.5 Å². The van der Waals surface area contributed by atoms with E-state index in [0.717, 1.165) is 0 Å². The van der Waals surface area contributed by atoms with Crippen LogP contribution in [0.2, 0.25) is 0 Å². The van der Waals surface area contributed by atoms with E-state index in [1.54, 1.807) is 11.0 Å². The Bertz CT molecular complexity index is 470. The SMILES string of the molecule is NC(=O)c1ccc(NCCC(=O)N2CCOCC2)nn1. The van der Waals surface area contributed by atoms with Crippen LogP contribution >= 0.6 is 0 Å². The normalized spacial score (nSPS) is 14.9. The maximum absolute atomic E-state index is 11.9. The predicted molar refractivity (Wildman–Crippen MR) is 71.1 cm³/mol. The lowest BCUT2D eigenvalue weighted by Gasteiger charge is -2.26. The molecule has 1 aliphatic heterocycles. The second-order valence-electron chi connectivity index (χ2n) is 4.34. The molecule has 0 atom stereocenters. The maximum Gasteiger partial charge on any atom is 0.269 e. The molecular weight excluding hydrogens is 262 g/mol. The highest BCUT2D eigenvalue weighted by Crippen LogP contribution is 2.03. The Morgan fingerprint density at radius 2 is 2.05 bits per heavy atom. The van der Waals surface area contributed by atoms with Gasteiger partial charge in [0.2, 0.25) is 5.91 Å². The number of primary amides is 1. The fraction of sp³-hybridized carbons (Fsp3) is 0.500. The van der Waals surface area contributed by atoms with E-state index < -0.39 is 5.91 Å². The molecule has 1 fully saturated rings. The summed E-state index contributed by atoms with van der Waals surface area (Å²) in [5.41, 5.74) is 5.18. The fourth-order valence-electron chi connectivity index (χ4n) is 1.83. The molecule has 0 radical (unpaired) electrons. The van der Waals surface area contributed by atoms with Gasteiger partial charge in [-0.2, -0.15) is 0 Å². The number of nitrogens with one attached hydrogen (secondary N) is 1. The van der Waals surface area contributed by atoms with Gasteiger partial charge in [0.25, 0.3) is 5.91 Å². The van der Waals surface area contributed by atoms with Gasteiger partial charge in [-0.3, -0.25) is 9.59 Å². The average molecular weight is 279 g/mol. The van der Waals surface area contributed by atoms with Crippen molar-refractivity contribution in [3.05, 3.63) is 17.8 Å². The third-order valence-corrected chi connectivity index (χ3v) is 2.93. The van der Waals surface area contributed by atoms with Gasteiger partial charge in [-0.05, 0) is 12.1 Å². The number of anilines is 1. The molecule has 2 amide bonds. The van der Waals surface area contributed by atoms with Gasteiger partial charge in [-0.25, -0.2) is 0 Å². The molecule has 2 rings (SSSR count). The Labute approximate surface area is 116 Å². The lowest BCUT2D eigenvalue weighted by atomic mass is 10.3. The number of hydrogen-bond acceptors (Lipinski definition) is 6. The first-order chi connectivity index (χ1) is 9.66. The average Bonchev–Trinajstić information content (AvgIpc) is 2.48. The fourth-order valence-corrected chi connectivity index (χ4v) is 1.83. The number of carbonyl (C=O) groups is 2. The largest absolute Gasteiger partial charge is 0.378 e. The molecule has 0 aliphatic carbocycles. The highest BCUT2D eigenvalue weighted by atomic mass is 16.5. The van der Waals surface area contributed by atoms with Crippen molar-refractivity contribution in [2.45, 2.75) is 6.42 Å². The van der Waals surface area contributed by atoms with Crippen LogP contribution in [0.1, 0.15) is 16.9 Å². The highest BCUT2D eigenvalue weighted by Gasteiger charge is 2.16. The van der Waals surface area contributed by atoms with E-state index in [1.807, 2.05) is 0 Å². The van der Waals surface area contributed by atoms with Crippen LogP contribution < -0.4 is 11.1 Å². The van der Waals surface area contributed by atoms with Gasteiger partial charge in [-0.15, -0.1) is 10.2 Å². The number of rotatable bonds is 5. The quantitative estimate of drug-likeness (QED) is 0.732. The molecule has 1 aliphatic rings. The summed E-state index contributed by atoms with van der Waals surface area (Å²) in [4.78, 5) is 24.5. The smallest absolute Gasteiger partial charge is 0.269 e. The molecule has 1 aromatic heterocycles. The second-order valence-corrected chi connectivity index (χ2v) is 4.34. The Morgan fingerprint density at radius 3 is 2.65 bits per heavy atom. The van der Waals surface area contributed by atoms with Gasteiger partial charge < -0.3 is 20.7 Å². The summed E-state index contributed by atoms with van der Waals surface area (Å²) >= 11 is 0. The third kappa shape index (κ3) is 3.89. The highest BCUT2D eigenvalue weighted by molar-refractivity contribution is 5.90. The lowest BCUT2D eigenvalue weighted by molar-refractivity contribution is -0.134. The zero-order valence-electron chi connectivity index (χ0n) is 11.0. The molecule has 108 valence electrons. The van der Waals surface area contributed by atoms with Crippen LogP contribution in [0.15, 0.2) is 12.1 Å². The zero-order chi connectivity index (χ0) is 14.4. The summed E-state index contributed by atoms with van der Waals surface area (Å²) in [6.45, 7) is 2.94. The minimum atomic E-state index is -0.619. The molecule has 0 aromatic carbocycles. The Morgan fingerprint density at radius 1 is 1.30 bits per heavy atom. The van der Waals surface area contributed by atoms with E-state index in [9.17, 15) is 9.59 Å². The standard InChI is InChI=1S/C12H17N5O3/c13-12(19)9-1-2-10(16-15-9)14-4-3-11(18)17-5-7-20-8-6-17/h1-2H,3-8H2,(H2,13,19)(H,14,16). The van der Waals surface area contributed by atoms with Crippen LogP contribution in [0.5, 0.6) is 0 Å². The topological polar surface area (TPSA) is 110 Å². The number of aromatic nitrogens is 2. The Hall–Kier alpha value is -2.22. The van der Waals surface area contributed by atoms with Gasteiger partial charge in [0.15, 0.2) is 5.69 Å². The van der Waals surface area contributed by atoms with Crippen LogP contribution in [0.25, 0.3) is 0 Å². The first-order valence-corrected chi connectivity index (χ1v) is 6.40. The van der Waals surface area contributed by atoms with Gasteiger partial charge in [0, 0.05) is 26.1 Å². The van der Waals surface area contributed by atoms with E-state index in [0.29, 0.717) is 45.1 Å². The van der Waals surface area contributed by atoms with Crippen LogP contribution in [0, 0.1) is 0 Å². The summed E-state index contributed by atoms with van der Waals surface area (Å²) in [6.07, 6.45) is 0.374. The van der Waals surface area contributed by atoms with Gasteiger partial charge in [-0.1, -0.05) is 0 Å². The van der Waals surface area contributed by atoms with Crippen molar-refractivity contribution >= 4 is 17.6 Å². The maximum atomic E-state index is 11.9. The molecule has 0 unspecified atom stereocenters. The molecule has 1 aromatic rings. The molecular formula is C12H17N5O3. The lowest BCUT2D eigenvalue weighted by Crippen LogP contribution is -2.41. The van der Waals surface area contributed by atoms with Gasteiger partial charge >= 0.3 is 0 Å². The number of morpholine rings is 1. The Kier molecular flexibility index (Phi) is 4.83. The summed E-state index contributed by atoms with van der Waals surface area (Å²) in [5.74, 6) is -0.0289. The monoisotopic (exact) mass is 279 g/mol. The van der Waals surface area contributed by atoms with Crippen molar-refractivity contribution in [3.8, 4) is 0 Å². The van der Waals surface area contributed by atoms with Crippen LogP contribution in [0.3, 0.4) is 0 Å². The zero-order valence-corrected chi connectivity index (χ0v) is 11.0. The van der Waals surface area contributed by atoms with Crippen LogP contribution in [0.4, 0.5) is 5.82 Å². The molecule has 8 nitrogen and oxygen atoms in total. The summed E-state index contributed by atoms with van der Waals surface area (Å²) in [7, 11) is 0. The van der Waals surface area contributed by atoms with E-state index in [4.69, 9.17) is 10.5 Å². The predicted octanol–water partition coefficient (Wildman–Crippen LogP) is -0.764. The first-order valence-electron chi connectivity index (χ1n) is 6.40. The number of carbonyl (C=O) groups excluding carboxylic acids is 2. The minimum absolute atomic E-state index is 0.0857. The number of hydrogen-bond donors (Lipinski definition) is 2. The van der Waals surface area contributed by atoms with Crippen molar-refractivity contribution < 1.29 is 14.3 Å². The molecule has 8 heteroatoms. The van der Waals surface area contributed by atoms with Crippen LogP contribution in [-0.2, 0) is 9.53 Å². The van der Waals surface area contributed by atoms with Crippen molar-refractivity contribution in [1.29, 1.82) is 0 Å². The van der Waals surface area contributed by atoms with E-state index in [-0.39, 0.29) is 11.6 Å². The molecule has 0 saturated carbocycles. The summed E-state index contributed by atoms with van der Waals surface area (Å²) in [5, 5.41) is 10.4. The number of amides is 2. The van der Waals surface area contributed by atoms with E-state index in [1.165, 1.54) is 6.07 Å². The molecule has 2 heterocycles. The summed E-state index contributed by atoms with van der Waals surface area (Å²) in [6, 6.07) is 3.09. The van der Waals surface area contributed by atoms with Crippen molar-refractivity contribution in [2.24, 2.45) is 5.73 Å². The Balaban J connectivity index is 1.74. The third-order valence-electron chi connectivity index (χ3n) is 2.93. The minimum Gasteiger partial charge on any atom is -0.378 e.